The summed E-state index contributed by atoms with van der Waals surface area (Å²) in [5, 5.41) is 0. The Morgan fingerprint density at radius 1 is 0.783 bits per heavy atom. The summed E-state index contributed by atoms with van der Waals surface area (Å²) in [6.07, 6.45) is 1.87. The van der Waals surface area contributed by atoms with Crippen molar-refractivity contribution in [2.75, 3.05) is 6.61 Å². The van der Waals surface area contributed by atoms with E-state index in [-0.39, 0.29) is 12.4 Å². The number of Topliss-reactive ketones (excluding diaryl/α,β-unsaturated/α-hetero) is 1. The highest BCUT2D eigenvalue weighted by Crippen LogP contribution is 2.26. The highest BCUT2D eigenvalue weighted by atomic mass is 16.5. The molecule has 128 valence electrons. The molecule has 0 saturated carbocycles. The predicted octanol–water partition coefficient (Wildman–Crippen LogP) is 5.09. The van der Waals surface area contributed by atoms with E-state index in [2.05, 4.69) is 0 Å². The van der Waals surface area contributed by atoms with Crippen molar-refractivity contribution in [3.63, 3.8) is 0 Å². The molecule has 0 aliphatic heterocycles. The van der Waals surface area contributed by atoms with Gasteiger partial charge in [-0.1, -0.05) is 28.4 Å². The molecule has 0 aromatic heterocycles. The predicted molar refractivity (Wildman–Crippen MR) is 96.2 cm³/mol. The van der Waals surface area contributed by atoms with Crippen LogP contribution in [-0.2, 0) is 14.3 Å². The van der Waals surface area contributed by atoms with Gasteiger partial charge in [-0.2, -0.15) is 0 Å². The lowest BCUT2D eigenvalue weighted by Crippen LogP contribution is -2.19. The number of ether oxygens (including phenoxy) is 1. The monoisotopic (exact) mass is 318 g/mol. The van der Waals surface area contributed by atoms with Gasteiger partial charge in [0.15, 0.2) is 5.78 Å². The van der Waals surface area contributed by atoms with Crippen LogP contribution in [-0.4, -0.2) is 18.4 Å². The molecule has 0 aromatic rings. The molecule has 0 unspecified atom stereocenters. The second kappa shape index (κ2) is 9.29. The van der Waals surface area contributed by atoms with Crippen molar-refractivity contribution in [2.24, 2.45) is 0 Å². The topological polar surface area (TPSA) is 43.4 Å². The molecule has 0 bridgehead atoms. The standard InChI is InChI=1S/C20H30O3/c1-10-23-20(22)18(15(8)9)17(14(6)7)19(21)16(13(4)5)11-12(2)3/h11H,10H2,1-9H3. The van der Waals surface area contributed by atoms with Gasteiger partial charge in [-0.3, -0.25) is 4.79 Å². The van der Waals surface area contributed by atoms with E-state index in [0.717, 1.165) is 22.3 Å². The van der Waals surface area contributed by atoms with Crippen molar-refractivity contribution in [1.29, 1.82) is 0 Å². The van der Waals surface area contributed by atoms with Gasteiger partial charge in [0, 0.05) is 11.1 Å². The van der Waals surface area contributed by atoms with Crippen molar-refractivity contribution in [3.8, 4) is 0 Å². The summed E-state index contributed by atoms with van der Waals surface area (Å²) in [7, 11) is 0. The van der Waals surface area contributed by atoms with Gasteiger partial charge in [0.1, 0.15) is 0 Å². The fourth-order valence-corrected chi connectivity index (χ4v) is 2.21. The van der Waals surface area contributed by atoms with Crippen LogP contribution >= 0.6 is 0 Å². The molecule has 0 aromatic carbocycles. The molecule has 0 rings (SSSR count). The van der Waals surface area contributed by atoms with Crippen molar-refractivity contribution >= 4 is 11.8 Å². The summed E-state index contributed by atoms with van der Waals surface area (Å²) in [6, 6.07) is 0. The fraction of sp³-hybridized carbons (Fsp3) is 0.500. The van der Waals surface area contributed by atoms with Gasteiger partial charge in [-0.05, 0) is 62.3 Å². The summed E-state index contributed by atoms with van der Waals surface area (Å²) >= 11 is 0. The number of carbonyl (C=O) groups is 2. The first-order valence-corrected chi connectivity index (χ1v) is 7.94. The zero-order valence-electron chi connectivity index (χ0n) is 16.0. The van der Waals surface area contributed by atoms with Crippen molar-refractivity contribution in [1.82, 2.24) is 0 Å². The van der Waals surface area contributed by atoms with Gasteiger partial charge in [-0.25, -0.2) is 4.79 Å². The van der Waals surface area contributed by atoms with Gasteiger partial charge in [0.25, 0.3) is 0 Å². The number of esters is 1. The van der Waals surface area contributed by atoms with Crippen LogP contribution in [0.25, 0.3) is 0 Å². The summed E-state index contributed by atoms with van der Waals surface area (Å²) in [5.41, 5.74) is 4.99. The van der Waals surface area contributed by atoms with E-state index >= 15 is 0 Å². The van der Waals surface area contributed by atoms with Crippen LogP contribution < -0.4 is 0 Å². The summed E-state index contributed by atoms with van der Waals surface area (Å²) in [5.74, 6) is -0.571. The minimum Gasteiger partial charge on any atom is -0.462 e. The highest BCUT2D eigenvalue weighted by molar-refractivity contribution is 6.19. The van der Waals surface area contributed by atoms with Crippen LogP contribution in [0.5, 0.6) is 0 Å². The molecule has 0 heterocycles. The van der Waals surface area contributed by atoms with Gasteiger partial charge < -0.3 is 4.74 Å². The van der Waals surface area contributed by atoms with Gasteiger partial charge in [0.05, 0.1) is 12.2 Å². The zero-order chi connectivity index (χ0) is 18.3. The Balaban J connectivity index is 6.33. The fourth-order valence-electron chi connectivity index (χ4n) is 2.21. The molecule has 0 fully saturated rings. The number of hydrogen-bond donors (Lipinski definition) is 0. The Morgan fingerprint density at radius 3 is 1.57 bits per heavy atom. The average molecular weight is 318 g/mol. The lowest BCUT2D eigenvalue weighted by molar-refractivity contribution is -0.138. The molecule has 0 N–H and O–H groups in total. The van der Waals surface area contributed by atoms with E-state index in [0.29, 0.717) is 16.7 Å². The molecular formula is C20H30O3. The van der Waals surface area contributed by atoms with E-state index < -0.39 is 5.97 Å². The smallest absolute Gasteiger partial charge is 0.338 e. The molecule has 0 radical (unpaired) electrons. The van der Waals surface area contributed by atoms with Crippen molar-refractivity contribution < 1.29 is 14.3 Å². The molecule has 0 atom stereocenters. The third kappa shape index (κ3) is 6.01. The van der Waals surface area contributed by atoms with E-state index in [4.69, 9.17) is 4.74 Å². The van der Waals surface area contributed by atoms with E-state index in [1.165, 1.54) is 0 Å². The number of allylic oxidation sites excluding steroid dienone is 6. The maximum Gasteiger partial charge on any atom is 0.338 e. The first-order chi connectivity index (χ1) is 10.5. The second-order valence-corrected chi connectivity index (χ2v) is 6.43. The summed E-state index contributed by atoms with van der Waals surface area (Å²) < 4.78 is 5.15. The van der Waals surface area contributed by atoms with Crippen LogP contribution in [0.2, 0.25) is 0 Å². The normalized spacial score (nSPS) is 9.61. The number of rotatable bonds is 6. The minimum absolute atomic E-state index is 0.129. The first-order valence-electron chi connectivity index (χ1n) is 7.94. The van der Waals surface area contributed by atoms with Crippen LogP contribution in [0.1, 0.15) is 62.3 Å². The largest absolute Gasteiger partial charge is 0.462 e. The number of ketones is 1. The Hall–Kier alpha value is -1.90. The lowest BCUT2D eigenvalue weighted by Gasteiger charge is -2.16. The third-order valence-electron chi connectivity index (χ3n) is 3.17. The van der Waals surface area contributed by atoms with E-state index in [9.17, 15) is 9.59 Å². The molecule has 0 aliphatic rings. The maximum atomic E-state index is 13.1. The van der Waals surface area contributed by atoms with Gasteiger partial charge >= 0.3 is 5.97 Å². The quantitative estimate of drug-likeness (QED) is 0.389. The Morgan fingerprint density at radius 2 is 1.26 bits per heavy atom. The van der Waals surface area contributed by atoms with Gasteiger partial charge in [0.2, 0.25) is 0 Å². The molecule has 0 aliphatic carbocycles. The third-order valence-corrected chi connectivity index (χ3v) is 3.17. The lowest BCUT2D eigenvalue weighted by atomic mass is 9.88. The van der Waals surface area contributed by atoms with E-state index in [1.807, 2.05) is 61.5 Å². The Labute approximate surface area is 140 Å². The van der Waals surface area contributed by atoms with Crippen LogP contribution in [0.3, 0.4) is 0 Å². The second-order valence-electron chi connectivity index (χ2n) is 6.43. The molecule has 0 spiro atoms. The zero-order valence-corrected chi connectivity index (χ0v) is 16.0. The number of hydrogen-bond acceptors (Lipinski definition) is 3. The summed E-state index contributed by atoms with van der Waals surface area (Å²) in [4.78, 5) is 25.5. The molecule has 23 heavy (non-hydrogen) atoms. The average Bonchev–Trinajstić information content (AvgIpc) is 2.39. The molecule has 3 heteroatoms. The molecule has 0 amide bonds. The van der Waals surface area contributed by atoms with Crippen LogP contribution in [0.15, 0.2) is 45.1 Å². The Kier molecular flexibility index (Phi) is 8.52. The Bertz CT molecular complexity index is 595. The summed E-state index contributed by atoms with van der Waals surface area (Å²) in [6.45, 7) is 17.1. The SMILES string of the molecule is CCOC(=O)C(=C(C)C)C(C(=O)C(C=C(C)C)=C(C)C)=C(C)C. The van der Waals surface area contributed by atoms with Gasteiger partial charge in [-0.15, -0.1) is 0 Å². The first kappa shape index (κ1) is 21.1. The highest BCUT2D eigenvalue weighted by Gasteiger charge is 2.26. The maximum absolute atomic E-state index is 13.1. The van der Waals surface area contributed by atoms with Crippen molar-refractivity contribution in [3.05, 3.63) is 45.1 Å². The van der Waals surface area contributed by atoms with E-state index in [1.54, 1.807) is 6.92 Å². The van der Waals surface area contributed by atoms with Crippen molar-refractivity contribution in [2.45, 2.75) is 62.3 Å². The van der Waals surface area contributed by atoms with Crippen LogP contribution in [0.4, 0.5) is 0 Å². The molecule has 0 saturated heterocycles. The van der Waals surface area contributed by atoms with Crippen LogP contribution in [0, 0.1) is 0 Å². The number of carbonyl (C=O) groups excluding carboxylic acids is 2. The molecular weight excluding hydrogens is 288 g/mol. The minimum atomic E-state index is -0.442. The molecule has 3 nitrogen and oxygen atoms in total.